The molecule has 0 saturated carbocycles. The molecule has 2 N–H and O–H groups in total. The van der Waals surface area contributed by atoms with Crippen molar-refractivity contribution in [2.45, 2.75) is 44.5 Å². The molecule has 0 spiro atoms. The topological polar surface area (TPSA) is 112 Å². The van der Waals surface area contributed by atoms with Gasteiger partial charge in [0.2, 0.25) is 5.91 Å². The minimum absolute atomic E-state index is 0.0682. The zero-order chi connectivity index (χ0) is 33.3. The van der Waals surface area contributed by atoms with Crippen LogP contribution in [0.2, 0.25) is 0 Å². The van der Waals surface area contributed by atoms with E-state index in [1.165, 1.54) is 11.7 Å². The number of ether oxygens (including phenoxy) is 1. The third-order valence-electron chi connectivity index (χ3n) is 9.16. The van der Waals surface area contributed by atoms with Crippen molar-refractivity contribution in [2.75, 3.05) is 18.6 Å². The predicted molar refractivity (Wildman–Crippen MR) is 182 cm³/mol. The molecule has 9 nitrogen and oxygen atoms in total. The molecule has 47 heavy (non-hydrogen) atoms. The zero-order valence-corrected chi connectivity index (χ0v) is 27.8. The highest BCUT2D eigenvalue weighted by Gasteiger charge is 2.52. The quantitative estimate of drug-likeness (QED) is 0.242. The van der Waals surface area contributed by atoms with Crippen molar-refractivity contribution in [1.82, 2.24) is 9.47 Å². The number of aromatic nitrogens is 1. The van der Waals surface area contributed by atoms with Crippen molar-refractivity contribution in [2.24, 2.45) is 5.92 Å². The summed E-state index contributed by atoms with van der Waals surface area (Å²) < 4.78 is 7.39. The maximum absolute atomic E-state index is 14.1. The largest absolute Gasteiger partial charge is 0.491 e. The number of rotatable bonds is 9. The van der Waals surface area contributed by atoms with Gasteiger partial charge in [-0.15, -0.1) is 0 Å². The van der Waals surface area contributed by atoms with Crippen molar-refractivity contribution >= 4 is 33.4 Å². The van der Waals surface area contributed by atoms with E-state index in [9.17, 15) is 24.6 Å². The number of fused-ring (bicyclic) bond motifs is 2. The first-order valence-electron chi connectivity index (χ1n) is 15.5. The van der Waals surface area contributed by atoms with Crippen LogP contribution in [-0.2, 0) is 34.7 Å². The van der Waals surface area contributed by atoms with Crippen LogP contribution in [-0.4, -0.2) is 51.3 Å². The van der Waals surface area contributed by atoms with Gasteiger partial charge in [-0.25, -0.2) is 0 Å². The van der Waals surface area contributed by atoms with Crippen LogP contribution in [0.4, 0.5) is 5.69 Å². The first-order chi connectivity index (χ1) is 22.6. The average Bonchev–Trinajstić information content (AvgIpc) is 3.29. The Morgan fingerprint density at radius 2 is 1.85 bits per heavy atom. The average molecular weight is 699 g/mol. The number of anilines is 1. The Hall–Kier alpha value is -4.51. The Morgan fingerprint density at radius 1 is 1.06 bits per heavy atom. The van der Waals surface area contributed by atoms with Crippen LogP contribution in [0.3, 0.4) is 0 Å². The summed E-state index contributed by atoms with van der Waals surface area (Å²) in [6.45, 7) is 2.22. The minimum Gasteiger partial charge on any atom is -0.491 e. The Morgan fingerprint density at radius 3 is 2.62 bits per heavy atom. The predicted octanol–water partition coefficient (Wildman–Crippen LogP) is 4.87. The second kappa shape index (κ2) is 13.3. The zero-order valence-electron chi connectivity index (χ0n) is 26.2. The van der Waals surface area contributed by atoms with E-state index in [1.54, 1.807) is 65.4 Å². The maximum atomic E-state index is 14.1. The SMILES string of the molecule is COc1cccn(-c2cccc(CN3C(=O)[C@](O)([C@H](C)/C=C/CC(=O)N4Cc5ccccc5C[C@H]4CO)c4cc(Br)ccc43)c2)c1=O. The number of methoxy groups -OCH3 is 1. The highest BCUT2D eigenvalue weighted by molar-refractivity contribution is 9.10. The third kappa shape index (κ3) is 6.04. The molecule has 0 radical (unpaired) electrons. The summed E-state index contributed by atoms with van der Waals surface area (Å²) in [5, 5.41) is 22.1. The summed E-state index contributed by atoms with van der Waals surface area (Å²) in [6.07, 6.45) is 5.73. The molecule has 2 aliphatic rings. The van der Waals surface area contributed by atoms with Gasteiger partial charge in [0, 0.05) is 40.8 Å². The minimum atomic E-state index is -1.88. The van der Waals surface area contributed by atoms with E-state index in [0.717, 1.165) is 21.2 Å². The molecule has 0 bridgehead atoms. The highest BCUT2D eigenvalue weighted by Crippen LogP contribution is 2.46. The number of halogens is 1. The lowest BCUT2D eigenvalue weighted by Crippen LogP contribution is -2.46. The molecule has 3 aromatic carbocycles. The van der Waals surface area contributed by atoms with Crippen LogP contribution >= 0.6 is 15.9 Å². The number of aliphatic hydroxyl groups excluding tert-OH is 1. The lowest BCUT2D eigenvalue weighted by molar-refractivity contribution is -0.139. The van der Waals surface area contributed by atoms with Crippen LogP contribution in [0.25, 0.3) is 5.69 Å². The Balaban J connectivity index is 1.22. The van der Waals surface area contributed by atoms with Gasteiger partial charge in [0.25, 0.3) is 11.5 Å². The number of nitrogens with zero attached hydrogens (tertiary/aromatic N) is 3. The second-order valence-electron chi connectivity index (χ2n) is 12.0. The third-order valence-corrected chi connectivity index (χ3v) is 9.65. The highest BCUT2D eigenvalue weighted by atomic mass is 79.9. The van der Waals surface area contributed by atoms with E-state index in [-0.39, 0.29) is 42.8 Å². The van der Waals surface area contributed by atoms with Gasteiger partial charge in [0.05, 0.1) is 32.0 Å². The van der Waals surface area contributed by atoms with E-state index >= 15 is 0 Å². The van der Waals surface area contributed by atoms with Crippen LogP contribution < -0.4 is 15.2 Å². The van der Waals surface area contributed by atoms with Crippen molar-refractivity contribution in [3.05, 3.63) is 134 Å². The fourth-order valence-corrected chi connectivity index (χ4v) is 6.93. The number of carbonyl (C=O) groups is 2. The van der Waals surface area contributed by atoms with Crippen LogP contribution in [0.15, 0.2) is 106 Å². The van der Waals surface area contributed by atoms with Gasteiger partial charge in [0.15, 0.2) is 11.4 Å². The number of aliphatic hydroxyl groups is 2. The number of amides is 2. The van der Waals surface area contributed by atoms with Gasteiger partial charge in [-0.3, -0.25) is 19.0 Å². The first-order valence-corrected chi connectivity index (χ1v) is 16.3. The van der Waals surface area contributed by atoms with E-state index in [1.807, 2.05) is 48.5 Å². The van der Waals surface area contributed by atoms with Gasteiger partial charge in [-0.05, 0) is 65.6 Å². The van der Waals surface area contributed by atoms with Crippen molar-refractivity contribution in [1.29, 1.82) is 0 Å². The molecular weight excluding hydrogens is 662 g/mol. The lowest BCUT2D eigenvalue weighted by Gasteiger charge is -2.36. The van der Waals surface area contributed by atoms with Gasteiger partial charge in [-0.1, -0.05) is 71.4 Å². The molecule has 3 atom stereocenters. The molecule has 0 aliphatic carbocycles. The van der Waals surface area contributed by atoms with Crippen molar-refractivity contribution in [3.8, 4) is 11.4 Å². The number of pyridine rings is 1. The fraction of sp³-hybridized carbons (Fsp3) is 0.270. The Labute approximate surface area is 281 Å². The fourth-order valence-electron chi connectivity index (χ4n) is 6.57. The molecule has 0 unspecified atom stereocenters. The summed E-state index contributed by atoms with van der Waals surface area (Å²) in [5.41, 5.74) is 2.45. The molecule has 0 fully saturated rings. The molecular formula is C37H36BrN3O6. The normalized spacial score (nSPS) is 19.5. The van der Waals surface area contributed by atoms with E-state index in [4.69, 9.17) is 4.74 Å². The second-order valence-corrected chi connectivity index (χ2v) is 12.9. The summed E-state index contributed by atoms with van der Waals surface area (Å²) in [7, 11) is 1.45. The first kappa shape index (κ1) is 32.4. The van der Waals surface area contributed by atoms with Crippen LogP contribution in [0.5, 0.6) is 5.75 Å². The van der Waals surface area contributed by atoms with E-state index in [0.29, 0.717) is 29.9 Å². The summed E-state index contributed by atoms with van der Waals surface area (Å²) in [5.74, 6) is -1.06. The summed E-state index contributed by atoms with van der Waals surface area (Å²) in [4.78, 5) is 43.5. The number of carbonyl (C=O) groups excluding carboxylic acids is 2. The molecule has 3 heterocycles. The molecule has 6 rings (SSSR count). The van der Waals surface area contributed by atoms with E-state index in [2.05, 4.69) is 15.9 Å². The van der Waals surface area contributed by atoms with Crippen LogP contribution in [0.1, 0.15) is 35.6 Å². The molecule has 242 valence electrons. The number of benzene rings is 3. The standard InChI is InChI=1S/C37H36BrN3O6/c1-24(8-5-14-34(43)40-22-27-11-4-3-10-26(27)19-30(40)23-42)37(46)31-20-28(38)15-16-32(31)41(36(37)45)21-25-9-6-12-29(18-25)39-17-7-13-33(47-2)35(39)44/h3-13,15-18,20,24,30,42,46H,14,19,21-23H2,1-2H3/b8-5+/t24-,30+,37+/m1/s1. The molecule has 1 aromatic heterocycles. The van der Waals surface area contributed by atoms with Crippen molar-refractivity contribution < 1.29 is 24.5 Å². The maximum Gasteiger partial charge on any atom is 0.297 e. The van der Waals surface area contributed by atoms with Crippen LogP contribution in [0, 0.1) is 5.92 Å². The smallest absolute Gasteiger partial charge is 0.297 e. The van der Waals surface area contributed by atoms with Gasteiger partial charge < -0.3 is 24.7 Å². The Bertz CT molecular complexity index is 1920. The van der Waals surface area contributed by atoms with E-state index < -0.39 is 17.4 Å². The molecule has 2 aliphatic heterocycles. The molecule has 4 aromatic rings. The Kier molecular flexibility index (Phi) is 9.18. The molecule has 0 saturated heterocycles. The lowest BCUT2D eigenvalue weighted by atomic mass is 9.83. The number of hydrogen-bond acceptors (Lipinski definition) is 6. The summed E-state index contributed by atoms with van der Waals surface area (Å²) >= 11 is 3.49. The van der Waals surface area contributed by atoms with Gasteiger partial charge in [0.1, 0.15) is 0 Å². The molecule has 2 amide bonds. The summed E-state index contributed by atoms with van der Waals surface area (Å²) in [6, 6.07) is 23.7. The number of hydrogen-bond donors (Lipinski definition) is 2. The monoisotopic (exact) mass is 697 g/mol. The van der Waals surface area contributed by atoms with Crippen molar-refractivity contribution in [3.63, 3.8) is 0 Å². The molecule has 10 heteroatoms. The van der Waals surface area contributed by atoms with Gasteiger partial charge in [-0.2, -0.15) is 0 Å². The van der Waals surface area contributed by atoms with Gasteiger partial charge >= 0.3 is 0 Å².